The Bertz CT molecular complexity index is 863. The zero-order chi connectivity index (χ0) is 15.8. The maximum Gasteiger partial charge on any atom is 0.326 e. The van der Waals surface area contributed by atoms with E-state index in [2.05, 4.69) is 28.2 Å². The van der Waals surface area contributed by atoms with Crippen molar-refractivity contribution < 1.29 is 9.90 Å². The number of anilines is 1. The molecule has 0 saturated carbocycles. The van der Waals surface area contributed by atoms with Crippen LogP contribution in [-0.2, 0) is 4.79 Å². The standard InChI is InChI=1S/C17H15N3O2S/c21-17(22)13-7-4-8-20(13)15-12-9-14(11-5-2-1-3-6-11)23-16(12)19-10-18-15/h1-3,5-6,9-10,13H,4,7-8H2,(H,21,22)/t13-/m0/s1. The van der Waals surface area contributed by atoms with Gasteiger partial charge in [0, 0.05) is 11.4 Å². The summed E-state index contributed by atoms with van der Waals surface area (Å²) in [5, 5.41) is 10.4. The second-order valence-corrected chi connectivity index (χ2v) is 6.61. The number of nitrogens with zero attached hydrogens (tertiary/aromatic N) is 3. The average Bonchev–Trinajstić information content (AvgIpc) is 3.22. The monoisotopic (exact) mass is 325 g/mol. The normalized spacial score (nSPS) is 17.7. The Morgan fingerprint density at radius 2 is 2.09 bits per heavy atom. The SMILES string of the molecule is O=C(O)[C@@H]1CCCN1c1ncnc2sc(-c3ccccc3)cc12. The number of hydrogen-bond donors (Lipinski definition) is 1. The molecule has 0 bridgehead atoms. The third-order valence-corrected chi connectivity index (χ3v) is 5.27. The quantitative estimate of drug-likeness (QED) is 0.799. The predicted molar refractivity (Wildman–Crippen MR) is 90.9 cm³/mol. The number of carboxylic acid groups (broad SMARTS) is 1. The summed E-state index contributed by atoms with van der Waals surface area (Å²) in [7, 11) is 0. The molecule has 1 atom stereocenters. The van der Waals surface area contributed by atoms with E-state index in [1.165, 1.54) is 6.33 Å². The molecular weight excluding hydrogens is 310 g/mol. The van der Waals surface area contributed by atoms with E-state index in [9.17, 15) is 9.90 Å². The number of thiophene rings is 1. The van der Waals surface area contributed by atoms with Crippen molar-refractivity contribution in [1.29, 1.82) is 0 Å². The molecule has 1 N–H and O–H groups in total. The van der Waals surface area contributed by atoms with Gasteiger partial charge in [0.2, 0.25) is 0 Å². The summed E-state index contributed by atoms with van der Waals surface area (Å²) in [6, 6.07) is 11.7. The fraction of sp³-hybridized carbons (Fsp3) is 0.235. The molecule has 6 heteroatoms. The molecule has 1 aromatic carbocycles. The van der Waals surface area contributed by atoms with Crippen molar-refractivity contribution in [3.05, 3.63) is 42.7 Å². The molecule has 3 heterocycles. The molecule has 1 aliphatic rings. The van der Waals surface area contributed by atoms with Gasteiger partial charge in [0.15, 0.2) is 0 Å². The van der Waals surface area contributed by atoms with Gasteiger partial charge < -0.3 is 10.0 Å². The molecule has 1 fully saturated rings. The smallest absolute Gasteiger partial charge is 0.326 e. The Labute approximate surface area is 137 Å². The highest BCUT2D eigenvalue weighted by Gasteiger charge is 2.32. The summed E-state index contributed by atoms with van der Waals surface area (Å²) in [4.78, 5) is 24.1. The van der Waals surface area contributed by atoms with Crippen LogP contribution in [0, 0.1) is 0 Å². The fourth-order valence-corrected chi connectivity index (χ4v) is 4.09. The van der Waals surface area contributed by atoms with Crippen molar-refractivity contribution in [3.63, 3.8) is 0 Å². The van der Waals surface area contributed by atoms with Crippen LogP contribution >= 0.6 is 11.3 Å². The van der Waals surface area contributed by atoms with Gasteiger partial charge in [-0.3, -0.25) is 0 Å². The van der Waals surface area contributed by atoms with E-state index in [1.807, 2.05) is 23.1 Å². The van der Waals surface area contributed by atoms with Crippen molar-refractivity contribution >= 4 is 33.3 Å². The van der Waals surface area contributed by atoms with E-state index in [4.69, 9.17) is 0 Å². The van der Waals surface area contributed by atoms with Gasteiger partial charge in [-0.15, -0.1) is 11.3 Å². The molecule has 0 radical (unpaired) electrons. The Morgan fingerprint density at radius 3 is 2.87 bits per heavy atom. The molecule has 5 nitrogen and oxygen atoms in total. The molecule has 0 unspecified atom stereocenters. The lowest BCUT2D eigenvalue weighted by Crippen LogP contribution is -2.36. The summed E-state index contributed by atoms with van der Waals surface area (Å²) in [6.45, 7) is 0.722. The molecule has 3 aromatic rings. The maximum absolute atomic E-state index is 11.5. The molecule has 2 aromatic heterocycles. The second kappa shape index (κ2) is 5.62. The van der Waals surface area contributed by atoms with E-state index in [1.54, 1.807) is 11.3 Å². The minimum Gasteiger partial charge on any atom is -0.480 e. The topological polar surface area (TPSA) is 66.3 Å². The average molecular weight is 325 g/mol. The number of hydrogen-bond acceptors (Lipinski definition) is 5. The van der Waals surface area contributed by atoms with Gasteiger partial charge in [-0.2, -0.15) is 0 Å². The van der Waals surface area contributed by atoms with E-state index >= 15 is 0 Å². The van der Waals surface area contributed by atoms with Crippen LogP contribution in [0.25, 0.3) is 20.7 Å². The lowest BCUT2D eigenvalue weighted by molar-refractivity contribution is -0.138. The third-order valence-electron chi connectivity index (χ3n) is 4.18. The number of aromatic nitrogens is 2. The Balaban J connectivity index is 1.82. The van der Waals surface area contributed by atoms with Crippen LogP contribution in [0.1, 0.15) is 12.8 Å². The second-order valence-electron chi connectivity index (χ2n) is 5.58. The van der Waals surface area contributed by atoms with E-state index in [-0.39, 0.29) is 0 Å². The van der Waals surface area contributed by atoms with E-state index in [0.29, 0.717) is 6.42 Å². The van der Waals surface area contributed by atoms with Crippen LogP contribution in [0.15, 0.2) is 42.7 Å². The highest BCUT2D eigenvalue weighted by Crippen LogP contribution is 2.37. The van der Waals surface area contributed by atoms with Crippen molar-refractivity contribution in [3.8, 4) is 10.4 Å². The largest absolute Gasteiger partial charge is 0.480 e. The predicted octanol–water partition coefficient (Wildman–Crippen LogP) is 3.41. The van der Waals surface area contributed by atoms with Crippen LogP contribution in [0.2, 0.25) is 0 Å². The molecule has 0 aliphatic carbocycles. The molecule has 1 aliphatic heterocycles. The van der Waals surface area contributed by atoms with Gasteiger partial charge >= 0.3 is 5.97 Å². The van der Waals surface area contributed by atoms with Crippen LogP contribution < -0.4 is 4.90 Å². The molecule has 116 valence electrons. The van der Waals surface area contributed by atoms with Gasteiger partial charge in [0.1, 0.15) is 23.0 Å². The summed E-state index contributed by atoms with van der Waals surface area (Å²) < 4.78 is 0. The zero-order valence-electron chi connectivity index (χ0n) is 12.3. The first kappa shape index (κ1) is 14.1. The molecule has 0 spiro atoms. The van der Waals surface area contributed by atoms with Gasteiger partial charge in [-0.25, -0.2) is 14.8 Å². The van der Waals surface area contributed by atoms with Crippen LogP contribution in [0.4, 0.5) is 5.82 Å². The molecule has 4 rings (SSSR count). The van der Waals surface area contributed by atoms with Crippen molar-refractivity contribution in [2.45, 2.75) is 18.9 Å². The third kappa shape index (κ3) is 2.45. The minimum absolute atomic E-state index is 0.492. The highest BCUT2D eigenvalue weighted by molar-refractivity contribution is 7.21. The first-order chi connectivity index (χ1) is 11.2. The summed E-state index contributed by atoms with van der Waals surface area (Å²) in [5.74, 6) is -0.0499. The first-order valence-electron chi connectivity index (χ1n) is 7.53. The number of carboxylic acids is 1. The van der Waals surface area contributed by atoms with Crippen molar-refractivity contribution in [1.82, 2.24) is 9.97 Å². The Hall–Kier alpha value is -2.47. The van der Waals surface area contributed by atoms with Gasteiger partial charge in [0.05, 0.1) is 5.39 Å². The number of fused-ring (bicyclic) bond motifs is 1. The zero-order valence-corrected chi connectivity index (χ0v) is 13.2. The molecular formula is C17H15N3O2S. The Morgan fingerprint density at radius 1 is 1.26 bits per heavy atom. The lowest BCUT2D eigenvalue weighted by Gasteiger charge is -2.22. The lowest BCUT2D eigenvalue weighted by atomic mass is 10.2. The van der Waals surface area contributed by atoms with Crippen molar-refractivity contribution in [2.75, 3.05) is 11.4 Å². The number of aliphatic carboxylic acids is 1. The summed E-state index contributed by atoms with van der Waals surface area (Å²) in [5.41, 5.74) is 1.14. The van der Waals surface area contributed by atoms with Crippen LogP contribution in [0.3, 0.4) is 0 Å². The molecule has 0 amide bonds. The first-order valence-corrected chi connectivity index (χ1v) is 8.35. The minimum atomic E-state index is -0.784. The summed E-state index contributed by atoms with van der Waals surface area (Å²) in [6.07, 6.45) is 3.06. The highest BCUT2D eigenvalue weighted by atomic mass is 32.1. The van der Waals surface area contributed by atoms with Gasteiger partial charge in [-0.1, -0.05) is 30.3 Å². The number of benzene rings is 1. The number of carbonyl (C=O) groups is 1. The number of rotatable bonds is 3. The molecule has 23 heavy (non-hydrogen) atoms. The van der Waals surface area contributed by atoms with E-state index < -0.39 is 12.0 Å². The maximum atomic E-state index is 11.5. The summed E-state index contributed by atoms with van der Waals surface area (Å²) >= 11 is 1.61. The van der Waals surface area contributed by atoms with Crippen LogP contribution in [-0.4, -0.2) is 33.6 Å². The van der Waals surface area contributed by atoms with Crippen molar-refractivity contribution in [2.24, 2.45) is 0 Å². The van der Waals surface area contributed by atoms with Gasteiger partial charge in [-0.05, 0) is 24.5 Å². The Kier molecular flexibility index (Phi) is 3.46. The van der Waals surface area contributed by atoms with Gasteiger partial charge in [0.25, 0.3) is 0 Å². The van der Waals surface area contributed by atoms with Crippen LogP contribution in [0.5, 0.6) is 0 Å². The fourth-order valence-electron chi connectivity index (χ4n) is 3.09. The van der Waals surface area contributed by atoms with E-state index in [0.717, 1.165) is 39.4 Å². The molecule has 1 saturated heterocycles.